The third-order valence-electron chi connectivity index (χ3n) is 3.93. The first-order valence-corrected chi connectivity index (χ1v) is 10.2. The predicted molar refractivity (Wildman–Crippen MR) is 103 cm³/mol. The Morgan fingerprint density at radius 1 is 1.26 bits per heavy atom. The maximum Gasteiger partial charge on any atom is 0.247 e. The summed E-state index contributed by atoms with van der Waals surface area (Å²) >= 11 is 3.34. The number of benzene rings is 2. The Kier molecular flexibility index (Phi) is 6.96. The second-order valence-electron chi connectivity index (χ2n) is 5.90. The number of nitrogens with zero attached hydrogens (tertiary/aromatic N) is 1. The number of sulfonamides is 1. The van der Waals surface area contributed by atoms with Gasteiger partial charge in [0.05, 0.1) is 19.7 Å². The molecular formula is C18H20BrFN2O4S. The number of hydrogen-bond acceptors (Lipinski definition) is 4. The molecule has 1 amide bonds. The van der Waals surface area contributed by atoms with Crippen LogP contribution in [0.2, 0.25) is 0 Å². The van der Waals surface area contributed by atoms with Crippen LogP contribution in [-0.4, -0.2) is 39.3 Å². The van der Waals surface area contributed by atoms with Gasteiger partial charge in [-0.1, -0.05) is 28.1 Å². The first kappa shape index (κ1) is 21.3. The summed E-state index contributed by atoms with van der Waals surface area (Å²) in [6.45, 7) is 1.38. The second kappa shape index (κ2) is 8.81. The second-order valence-corrected chi connectivity index (χ2v) is 8.83. The van der Waals surface area contributed by atoms with Gasteiger partial charge in [0.1, 0.15) is 16.5 Å². The fourth-order valence-corrected chi connectivity index (χ4v) is 3.98. The van der Waals surface area contributed by atoms with E-state index in [1.807, 2.05) is 24.3 Å². The van der Waals surface area contributed by atoms with E-state index in [1.54, 1.807) is 6.92 Å². The number of methoxy groups -OCH3 is 1. The van der Waals surface area contributed by atoms with E-state index in [2.05, 4.69) is 21.2 Å². The topological polar surface area (TPSA) is 75.7 Å². The van der Waals surface area contributed by atoms with Crippen LogP contribution in [0.25, 0.3) is 0 Å². The molecule has 0 saturated heterocycles. The summed E-state index contributed by atoms with van der Waals surface area (Å²) in [5, 5.41) is 2.74. The largest absolute Gasteiger partial charge is 0.495 e. The average Bonchev–Trinajstić information content (AvgIpc) is 2.61. The van der Waals surface area contributed by atoms with Crippen LogP contribution >= 0.6 is 15.9 Å². The maximum absolute atomic E-state index is 13.5. The number of carbonyl (C=O) groups is 1. The molecule has 0 fully saturated rings. The molecule has 1 N–H and O–H groups in total. The molecule has 27 heavy (non-hydrogen) atoms. The number of ether oxygens (including phenoxy) is 1. The van der Waals surface area contributed by atoms with E-state index in [-0.39, 0.29) is 16.7 Å². The average molecular weight is 459 g/mol. The quantitative estimate of drug-likeness (QED) is 0.691. The van der Waals surface area contributed by atoms with Crippen LogP contribution in [0.5, 0.6) is 5.75 Å². The van der Waals surface area contributed by atoms with Crippen molar-refractivity contribution in [3.63, 3.8) is 0 Å². The van der Waals surface area contributed by atoms with Crippen molar-refractivity contribution in [2.75, 3.05) is 20.7 Å². The Morgan fingerprint density at radius 3 is 2.48 bits per heavy atom. The molecule has 0 aliphatic heterocycles. The zero-order valence-electron chi connectivity index (χ0n) is 15.1. The Bertz CT molecular complexity index is 919. The summed E-state index contributed by atoms with van der Waals surface area (Å²) in [5.41, 5.74) is 0.879. The highest BCUT2D eigenvalue weighted by Gasteiger charge is 2.27. The van der Waals surface area contributed by atoms with Gasteiger partial charge >= 0.3 is 0 Å². The van der Waals surface area contributed by atoms with E-state index in [9.17, 15) is 17.6 Å². The molecule has 2 aromatic carbocycles. The van der Waals surface area contributed by atoms with E-state index >= 15 is 0 Å². The van der Waals surface area contributed by atoms with E-state index < -0.39 is 28.3 Å². The number of likely N-dealkylation sites (N-methyl/N-ethyl adjacent to an activating group) is 1. The molecule has 0 aliphatic carbocycles. The molecule has 0 spiro atoms. The highest BCUT2D eigenvalue weighted by atomic mass is 79.9. The number of nitrogens with one attached hydrogen (secondary N) is 1. The van der Waals surface area contributed by atoms with Crippen molar-refractivity contribution in [2.24, 2.45) is 0 Å². The van der Waals surface area contributed by atoms with Crippen molar-refractivity contribution < 1.29 is 22.3 Å². The number of carbonyl (C=O) groups excluding carboxylic acids is 1. The Balaban J connectivity index is 2.11. The summed E-state index contributed by atoms with van der Waals surface area (Å²) in [5.74, 6) is -1.19. The van der Waals surface area contributed by atoms with Gasteiger partial charge in [0.25, 0.3) is 0 Å². The fraction of sp³-hybridized carbons (Fsp3) is 0.278. The zero-order chi connectivity index (χ0) is 20.2. The zero-order valence-corrected chi connectivity index (χ0v) is 17.5. The predicted octanol–water partition coefficient (Wildman–Crippen LogP) is 3.09. The molecule has 0 radical (unpaired) electrons. The van der Waals surface area contributed by atoms with Gasteiger partial charge in [-0.15, -0.1) is 0 Å². The third-order valence-corrected chi connectivity index (χ3v) is 6.28. The summed E-state index contributed by atoms with van der Waals surface area (Å²) in [6, 6.07) is 10.3. The monoisotopic (exact) mass is 458 g/mol. The van der Waals surface area contributed by atoms with E-state index in [4.69, 9.17) is 4.74 Å². The van der Waals surface area contributed by atoms with E-state index in [1.165, 1.54) is 20.2 Å². The van der Waals surface area contributed by atoms with Gasteiger partial charge in [-0.2, -0.15) is 4.31 Å². The highest BCUT2D eigenvalue weighted by Crippen LogP contribution is 2.26. The van der Waals surface area contributed by atoms with Crippen molar-refractivity contribution in [2.45, 2.75) is 17.9 Å². The molecule has 1 atom stereocenters. The smallest absolute Gasteiger partial charge is 0.247 e. The number of rotatable bonds is 7. The minimum absolute atomic E-state index is 0.00638. The maximum atomic E-state index is 13.5. The fourth-order valence-electron chi connectivity index (χ4n) is 2.43. The molecule has 0 bridgehead atoms. The standard InChI is InChI=1S/C18H20BrFN2O4S/c1-12(13-4-6-14(19)7-5-13)21-18(23)11-22(2)27(24,25)17-10-15(20)8-9-16(17)26-3/h4-10,12H,11H2,1-3H3,(H,21,23)/t12-/m0/s1. The normalized spacial score (nSPS) is 12.7. The van der Waals surface area contributed by atoms with Crippen molar-refractivity contribution >= 4 is 31.9 Å². The van der Waals surface area contributed by atoms with Gasteiger partial charge in [0.2, 0.25) is 15.9 Å². The van der Waals surface area contributed by atoms with Crippen LogP contribution in [0.3, 0.4) is 0 Å². The minimum Gasteiger partial charge on any atom is -0.495 e. The molecule has 2 rings (SSSR count). The van der Waals surface area contributed by atoms with Gasteiger partial charge in [-0.25, -0.2) is 12.8 Å². The molecule has 9 heteroatoms. The van der Waals surface area contributed by atoms with Crippen molar-refractivity contribution in [1.29, 1.82) is 0 Å². The SMILES string of the molecule is COc1ccc(F)cc1S(=O)(=O)N(C)CC(=O)N[C@@H](C)c1ccc(Br)cc1. The first-order chi connectivity index (χ1) is 12.6. The molecular weight excluding hydrogens is 439 g/mol. The van der Waals surface area contributed by atoms with Crippen LogP contribution in [0.1, 0.15) is 18.5 Å². The molecule has 0 aromatic heterocycles. The Labute approximate surface area is 166 Å². The molecule has 0 heterocycles. The van der Waals surface area contributed by atoms with Gasteiger partial charge < -0.3 is 10.1 Å². The van der Waals surface area contributed by atoms with Crippen LogP contribution in [0, 0.1) is 5.82 Å². The molecule has 0 aliphatic rings. The molecule has 0 saturated carbocycles. The highest BCUT2D eigenvalue weighted by molar-refractivity contribution is 9.10. The molecule has 0 unspecified atom stereocenters. The van der Waals surface area contributed by atoms with Crippen molar-refractivity contribution in [3.05, 3.63) is 58.3 Å². The van der Waals surface area contributed by atoms with Gasteiger partial charge in [-0.05, 0) is 42.8 Å². The van der Waals surface area contributed by atoms with Crippen molar-refractivity contribution in [3.8, 4) is 5.75 Å². The first-order valence-electron chi connectivity index (χ1n) is 8.00. The summed E-state index contributed by atoms with van der Waals surface area (Å²) in [7, 11) is -1.56. The number of halogens is 2. The number of amides is 1. The molecule has 2 aromatic rings. The van der Waals surface area contributed by atoms with Gasteiger partial charge in [-0.3, -0.25) is 4.79 Å². The molecule has 146 valence electrons. The van der Waals surface area contributed by atoms with E-state index in [0.29, 0.717) is 0 Å². The summed E-state index contributed by atoms with van der Waals surface area (Å²) in [4.78, 5) is 11.9. The van der Waals surface area contributed by atoms with Crippen molar-refractivity contribution in [1.82, 2.24) is 9.62 Å². The van der Waals surface area contributed by atoms with Crippen LogP contribution in [0.4, 0.5) is 4.39 Å². The minimum atomic E-state index is -4.10. The number of hydrogen-bond donors (Lipinski definition) is 1. The van der Waals surface area contributed by atoms with Crippen LogP contribution in [-0.2, 0) is 14.8 Å². The summed E-state index contributed by atoms with van der Waals surface area (Å²) < 4.78 is 45.6. The lowest BCUT2D eigenvalue weighted by Crippen LogP contribution is -2.39. The lowest BCUT2D eigenvalue weighted by Gasteiger charge is -2.20. The van der Waals surface area contributed by atoms with Crippen LogP contribution in [0.15, 0.2) is 51.8 Å². The molecule has 6 nitrogen and oxygen atoms in total. The van der Waals surface area contributed by atoms with Gasteiger partial charge in [0.15, 0.2) is 0 Å². The Hall–Kier alpha value is -1.97. The summed E-state index contributed by atoms with van der Waals surface area (Å²) in [6.07, 6.45) is 0. The Morgan fingerprint density at radius 2 is 1.89 bits per heavy atom. The van der Waals surface area contributed by atoms with E-state index in [0.717, 1.165) is 26.5 Å². The van der Waals surface area contributed by atoms with Crippen LogP contribution < -0.4 is 10.1 Å². The lowest BCUT2D eigenvalue weighted by atomic mass is 10.1. The van der Waals surface area contributed by atoms with Gasteiger partial charge in [0, 0.05) is 11.5 Å². The lowest BCUT2D eigenvalue weighted by molar-refractivity contribution is -0.121. The third kappa shape index (κ3) is 5.27.